The Hall–Kier alpha value is -2.86. The molecule has 146 valence electrons. The lowest BCUT2D eigenvalue weighted by Gasteiger charge is -2.12. The summed E-state index contributed by atoms with van der Waals surface area (Å²) in [5, 5.41) is 10.1. The number of aliphatic carboxylic acids is 1. The number of nitrogens with zero attached hydrogens (tertiary/aromatic N) is 1. The zero-order valence-electron chi connectivity index (χ0n) is 16.0. The van der Waals surface area contributed by atoms with E-state index in [2.05, 4.69) is 4.98 Å². The van der Waals surface area contributed by atoms with E-state index in [1.807, 2.05) is 62.4 Å². The Morgan fingerprint density at radius 3 is 2.68 bits per heavy atom. The molecule has 0 radical (unpaired) electrons. The van der Waals surface area contributed by atoms with Gasteiger partial charge in [0.1, 0.15) is 5.01 Å². The van der Waals surface area contributed by atoms with E-state index in [0.717, 1.165) is 22.2 Å². The maximum absolute atomic E-state index is 11.4. The predicted molar refractivity (Wildman–Crippen MR) is 113 cm³/mol. The Labute approximate surface area is 168 Å². The van der Waals surface area contributed by atoms with Crippen LogP contribution in [0, 0.1) is 0 Å². The Morgan fingerprint density at radius 1 is 1.14 bits per heavy atom. The number of benzene rings is 2. The SMILES string of the molecule is CCCOc1ccc(C=C(CC(=O)O)c2nc3ccccc3s2)cc1OCC. The average molecular weight is 397 g/mol. The zero-order chi connectivity index (χ0) is 19.9. The molecular formula is C22H23NO4S. The van der Waals surface area contributed by atoms with Crippen molar-refractivity contribution in [3.05, 3.63) is 53.0 Å². The van der Waals surface area contributed by atoms with Crippen molar-refractivity contribution in [2.45, 2.75) is 26.7 Å². The number of carboxylic acids is 1. The first-order valence-corrected chi connectivity index (χ1v) is 10.1. The van der Waals surface area contributed by atoms with Crippen molar-refractivity contribution in [1.82, 2.24) is 4.98 Å². The van der Waals surface area contributed by atoms with Crippen LogP contribution in [0.3, 0.4) is 0 Å². The van der Waals surface area contributed by atoms with Crippen molar-refractivity contribution in [2.24, 2.45) is 0 Å². The minimum atomic E-state index is -0.890. The molecule has 1 aromatic heterocycles. The second-order valence-electron chi connectivity index (χ2n) is 6.21. The zero-order valence-corrected chi connectivity index (χ0v) is 16.8. The molecule has 6 heteroatoms. The molecule has 3 rings (SSSR count). The number of carboxylic acid groups (broad SMARTS) is 1. The fraction of sp³-hybridized carbons (Fsp3) is 0.273. The topological polar surface area (TPSA) is 68.7 Å². The number of para-hydroxylation sites is 1. The largest absolute Gasteiger partial charge is 0.490 e. The van der Waals surface area contributed by atoms with Gasteiger partial charge in [-0.2, -0.15) is 0 Å². The monoisotopic (exact) mass is 397 g/mol. The van der Waals surface area contributed by atoms with Gasteiger partial charge in [-0.3, -0.25) is 4.79 Å². The van der Waals surface area contributed by atoms with Gasteiger partial charge >= 0.3 is 5.97 Å². The lowest BCUT2D eigenvalue weighted by Crippen LogP contribution is -2.00. The lowest BCUT2D eigenvalue weighted by atomic mass is 10.1. The van der Waals surface area contributed by atoms with Gasteiger partial charge in [0.15, 0.2) is 11.5 Å². The summed E-state index contributed by atoms with van der Waals surface area (Å²) in [5.41, 5.74) is 2.39. The summed E-state index contributed by atoms with van der Waals surface area (Å²) < 4.78 is 12.5. The van der Waals surface area contributed by atoms with Crippen molar-refractivity contribution < 1.29 is 19.4 Å². The Bertz CT molecular complexity index is 960. The Kier molecular flexibility index (Phi) is 6.66. The molecular weight excluding hydrogens is 374 g/mol. The first-order chi connectivity index (χ1) is 13.6. The Balaban J connectivity index is 1.99. The van der Waals surface area contributed by atoms with E-state index in [1.54, 1.807) is 0 Å². The highest BCUT2D eigenvalue weighted by Crippen LogP contribution is 2.33. The molecule has 1 heterocycles. The summed E-state index contributed by atoms with van der Waals surface area (Å²) in [5.74, 6) is 0.461. The fourth-order valence-corrected chi connectivity index (χ4v) is 3.76. The molecule has 3 aromatic rings. The molecule has 0 bridgehead atoms. The van der Waals surface area contributed by atoms with Crippen molar-refractivity contribution in [3.63, 3.8) is 0 Å². The van der Waals surface area contributed by atoms with Crippen LogP contribution in [0.25, 0.3) is 21.9 Å². The van der Waals surface area contributed by atoms with Crippen molar-refractivity contribution in [3.8, 4) is 11.5 Å². The minimum absolute atomic E-state index is 0.0993. The molecule has 0 atom stereocenters. The molecule has 2 aromatic carbocycles. The van der Waals surface area contributed by atoms with Crippen LogP contribution in [0.2, 0.25) is 0 Å². The molecule has 0 amide bonds. The predicted octanol–water partition coefficient (Wildman–Crippen LogP) is 5.50. The van der Waals surface area contributed by atoms with Crippen molar-refractivity contribution in [1.29, 1.82) is 0 Å². The lowest BCUT2D eigenvalue weighted by molar-refractivity contribution is -0.135. The smallest absolute Gasteiger partial charge is 0.307 e. The quantitative estimate of drug-likeness (QED) is 0.516. The van der Waals surface area contributed by atoms with Crippen molar-refractivity contribution >= 4 is 39.2 Å². The van der Waals surface area contributed by atoms with Crippen LogP contribution < -0.4 is 9.47 Å². The highest BCUT2D eigenvalue weighted by Gasteiger charge is 2.13. The molecule has 0 saturated heterocycles. The van der Waals surface area contributed by atoms with Gasteiger partial charge < -0.3 is 14.6 Å². The van der Waals surface area contributed by atoms with E-state index >= 15 is 0 Å². The summed E-state index contributed by atoms with van der Waals surface area (Å²) >= 11 is 1.50. The van der Waals surface area contributed by atoms with Gasteiger partial charge in [0.25, 0.3) is 0 Å². The molecule has 0 aliphatic rings. The van der Waals surface area contributed by atoms with E-state index in [9.17, 15) is 9.90 Å². The number of aromatic nitrogens is 1. The molecule has 0 saturated carbocycles. The number of hydrogen-bond acceptors (Lipinski definition) is 5. The molecule has 0 spiro atoms. The molecule has 0 unspecified atom stereocenters. The number of carbonyl (C=O) groups is 1. The van der Waals surface area contributed by atoms with Gasteiger partial charge in [0, 0.05) is 0 Å². The summed E-state index contributed by atoms with van der Waals surface area (Å²) in [6, 6.07) is 13.4. The van der Waals surface area contributed by atoms with Crippen LogP contribution >= 0.6 is 11.3 Å². The molecule has 28 heavy (non-hydrogen) atoms. The molecule has 0 aliphatic carbocycles. The summed E-state index contributed by atoms with van der Waals surface area (Å²) in [4.78, 5) is 16.0. The third-order valence-corrected chi connectivity index (χ3v) is 5.09. The first kappa shape index (κ1) is 19.9. The van der Waals surface area contributed by atoms with Crippen LogP contribution in [0.1, 0.15) is 37.3 Å². The second kappa shape index (κ2) is 9.37. The van der Waals surface area contributed by atoms with E-state index in [-0.39, 0.29) is 6.42 Å². The normalized spacial score (nSPS) is 11.6. The fourth-order valence-electron chi connectivity index (χ4n) is 2.78. The van der Waals surface area contributed by atoms with Gasteiger partial charge in [-0.05, 0) is 54.8 Å². The first-order valence-electron chi connectivity index (χ1n) is 9.28. The summed E-state index contributed by atoms with van der Waals surface area (Å²) in [6.45, 7) is 5.11. The molecule has 0 fully saturated rings. The molecule has 5 nitrogen and oxygen atoms in total. The highest BCUT2D eigenvalue weighted by atomic mass is 32.1. The average Bonchev–Trinajstić information content (AvgIpc) is 3.11. The highest BCUT2D eigenvalue weighted by molar-refractivity contribution is 7.19. The number of thiazole rings is 1. The number of hydrogen-bond donors (Lipinski definition) is 1. The van der Waals surface area contributed by atoms with Crippen LogP contribution in [-0.4, -0.2) is 29.3 Å². The van der Waals surface area contributed by atoms with Crippen LogP contribution in [0.4, 0.5) is 0 Å². The number of fused-ring (bicyclic) bond motifs is 1. The maximum Gasteiger partial charge on any atom is 0.307 e. The van der Waals surface area contributed by atoms with Gasteiger partial charge in [0.05, 0.1) is 29.9 Å². The minimum Gasteiger partial charge on any atom is -0.490 e. The van der Waals surface area contributed by atoms with Crippen LogP contribution in [0.15, 0.2) is 42.5 Å². The summed E-state index contributed by atoms with van der Waals surface area (Å²) in [7, 11) is 0. The van der Waals surface area contributed by atoms with Crippen LogP contribution in [0.5, 0.6) is 11.5 Å². The van der Waals surface area contributed by atoms with E-state index < -0.39 is 5.97 Å². The van der Waals surface area contributed by atoms with Gasteiger partial charge in [-0.1, -0.05) is 25.1 Å². The molecule has 1 N–H and O–H groups in total. The van der Waals surface area contributed by atoms with Gasteiger partial charge in [0.2, 0.25) is 0 Å². The summed E-state index contributed by atoms with van der Waals surface area (Å²) in [6.07, 6.45) is 2.67. The van der Waals surface area contributed by atoms with E-state index in [0.29, 0.717) is 35.3 Å². The van der Waals surface area contributed by atoms with Gasteiger partial charge in [-0.15, -0.1) is 11.3 Å². The third kappa shape index (κ3) is 4.89. The maximum atomic E-state index is 11.4. The number of rotatable bonds is 9. The molecule has 0 aliphatic heterocycles. The Morgan fingerprint density at radius 2 is 1.96 bits per heavy atom. The standard InChI is InChI=1S/C22H23NO4S/c1-3-11-27-18-10-9-15(13-19(18)26-4-2)12-16(14-21(24)25)22-23-17-7-5-6-8-20(17)28-22/h5-10,12-13H,3-4,11,14H2,1-2H3,(H,24,25). The van der Waals surface area contributed by atoms with E-state index in [1.165, 1.54) is 11.3 Å². The second-order valence-corrected chi connectivity index (χ2v) is 7.25. The number of ether oxygens (including phenoxy) is 2. The third-order valence-electron chi connectivity index (χ3n) is 3.98. The van der Waals surface area contributed by atoms with Crippen LogP contribution in [-0.2, 0) is 4.79 Å². The van der Waals surface area contributed by atoms with E-state index in [4.69, 9.17) is 9.47 Å². The van der Waals surface area contributed by atoms with Gasteiger partial charge in [-0.25, -0.2) is 4.98 Å². The van der Waals surface area contributed by atoms with Crippen molar-refractivity contribution in [2.75, 3.05) is 13.2 Å².